The molecule has 2 rings (SSSR count). The first kappa shape index (κ1) is 14.2. The number of nitrogens with one attached hydrogen (secondary N) is 2. The van der Waals surface area contributed by atoms with Crippen LogP contribution in [0.15, 0.2) is 0 Å². The van der Waals surface area contributed by atoms with Crippen LogP contribution in [0.3, 0.4) is 0 Å². The van der Waals surface area contributed by atoms with Gasteiger partial charge in [-0.05, 0) is 50.6 Å². The standard InChI is InChI=1S/C10H20N2O2S.ClH/c13-15(14,8-9-3-4-9)12-7-10-2-1-5-11-6-10;/h9-12H,1-8H2;1H. The minimum absolute atomic E-state index is 0. The van der Waals surface area contributed by atoms with Gasteiger partial charge in [0.1, 0.15) is 0 Å². The summed E-state index contributed by atoms with van der Waals surface area (Å²) in [6.07, 6.45) is 4.48. The molecule has 0 bridgehead atoms. The summed E-state index contributed by atoms with van der Waals surface area (Å²) in [6.45, 7) is 2.64. The molecule has 0 amide bonds. The van der Waals surface area contributed by atoms with Crippen LogP contribution in [0.5, 0.6) is 0 Å². The Bertz CT molecular complexity index is 298. The molecule has 0 aromatic heterocycles. The number of sulfonamides is 1. The van der Waals surface area contributed by atoms with Crippen LogP contribution in [0.1, 0.15) is 25.7 Å². The Morgan fingerprint density at radius 2 is 1.94 bits per heavy atom. The second-order valence-corrected chi connectivity index (χ2v) is 6.64. The third-order valence-electron chi connectivity index (χ3n) is 3.14. The quantitative estimate of drug-likeness (QED) is 0.773. The molecule has 2 aliphatic rings. The Labute approximate surface area is 104 Å². The van der Waals surface area contributed by atoms with Crippen molar-refractivity contribution in [2.24, 2.45) is 11.8 Å². The zero-order valence-electron chi connectivity index (χ0n) is 9.44. The molecular formula is C10H21ClN2O2S. The van der Waals surface area contributed by atoms with Crippen molar-refractivity contribution in [2.75, 3.05) is 25.4 Å². The van der Waals surface area contributed by atoms with Crippen molar-refractivity contribution in [3.05, 3.63) is 0 Å². The van der Waals surface area contributed by atoms with E-state index in [2.05, 4.69) is 10.0 Å². The van der Waals surface area contributed by atoms with Crippen LogP contribution in [0.4, 0.5) is 0 Å². The Morgan fingerprint density at radius 3 is 2.50 bits per heavy atom. The lowest BCUT2D eigenvalue weighted by Crippen LogP contribution is -2.39. The first-order valence-electron chi connectivity index (χ1n) is 5.84. The Hall–Kier alpha value is 0.160. The SMILES string of the molecule is Cl.O=S(=O)(CC1CC1)NCC1CCCNC1. The first-order valence-corrected chi connectivity index (χ1v) is 7.49. The van der Waals surface area contributed by atoms with Gasteiger partial charge in [-0.1, -0.05) is 0 Å². The van der Waals surface area contributed by atoms with Gasteiger partial charge < -0.3 is 5.32 Å². The largest absolute Gasteiger partial charge is 0.316 e. The van der Waals surface area contributed by atoms with Crippen LogP contribution in [-0.4, -0.2) is 33.8 Å². The maximum Gasteiger partial charge on any atom is 0.211 e. The number of hydrogen-bond donors (Lipinski definition) is 2. The van der Waals surface area contributed by atoms with Gasteiger partial charge >= 0.3 is 0 Å². The lowest BCUT2D eigenvalue weighted by molar-refractivity contribution is 0.375. The van der Waals surface area contributed by atoms with E-state index in [1.807, 2.05) is 0 Å². The highest BCUT2D eigenvalue weighted by Crippen LogP contribution is 2.29. The Kier molecular flexibility index (Phi) is 5.50. The molecule has 6 heteroatoms. The van der Waals surface area contributed by atoms with Gasteiger partial charge in [-0.25, -0.2) is 13.1 Å². The minimum Gasteiger partial charge on any atom is -0.316 e. The van der Waals surface area contributed by atoms with Crippen molar-refractivity contribution in [3.63, 3.8) is 0 Å². The predicted octanol–water partition coefficient (Wildman–Crippen LogP) is 0.737. The van der Waals surface area contributed by atoms with Gasteiger partial charge in [0.25, 0.3) is 0 Å². The van der Waals surface area contributed by atoms with Crippen LogP contribution in [0, 0.1) is 11.8 Å². The highest BCUT2D eigenvalue weighted by Gasteiger charge is 2.28. The predicted molar refractivity (Wildman–Crippen MR) is 67.4 cm³/mol. The highest BCUT2D eigenvalue weighted by molar-refractivity contribution is 7.89. The topological polar surface area (TPSA) is 58.2 Å². The lowest BCUT2D eigenvalue weighted by atomic mass is 10.0. The third kappa shape index (κ3) is 4.99. The first-order chi connectivity index (χ1) is 7.16. The molecule has 0 aromatic carbocycles. The van der Waals surface area contributed by atoms with Crippen LogP contribution in [0.2, 0.25) is 0 Å². The van der Waals surface area contributed by atoms with Crippen molar-refractivity contribution in [1.29, 1.82) is 0 Å². The summed E-state index contributed by atoms with van der Waals surface area (Å²) in [6, 6.07) is 0. The fraction of sp³-hybridized carbons (Fsp3) is 1.00. The molecule has 16 heavy (non-hydrogen) atoms. The summed E-state index contributed by atoms with van der Waals surface area (Å²) >= 11 is 0. The van der Waals surface area contributed by atoms with E-state index >= 15 is 0 Å². The van der Waals surface area contributed by atoms with Gasteiger partial charge in [0, 0.05) is 6.54 Å². The van der Waals surface area contributed by atoms with E-state index in [0.717, 1.165) is 38.8 Å². The van der Waals surface area contributed by atoms with Gasteiger partial charge in [0.2, 0.25) is 10.0 Å². The van der Waals surface area contributed by atoms with E-state index in [-0.39, 0.29) is 12.4 Å². The molecule has 1 saturated heterocycles. The summed E-state index contributed by atoms with van der Waals surface area (Å²) in [5, 5.41) is 3.29. The van der Waals surface area contributed by atoms with E-state index in [1.165, 1.54) is 0 Å². The molecular weight excluding hydrogens is 248 g/mol. The average molecular weight is 269 g/mol. The van der Waals surface area contributed by atoms with E-state index in [0.29, 0.717) is 24.1 Å². The molecule has 2 fully saturated rings. The third-order valence-corrected chi connectivity index (χ3v) is 4.66. The minimum atomic E-state index is -3.00. The second kappa shape index (κ2) is 6.19. The van der Waals surface area contributed by atoms with Crippen molar-refractivity contribution in [3.8, 4) is 0 Å². The summed E-state index contributed by atoms with van der Waals surface area (Å²) in [7, 11) is -3.00. The molecule has 4 nitrogen and oxygen atoms in total. The molecule has 1 aliphatic carbocycles. The summed E-state index contributed by atoms with van der Waals surface area (Å²) in [5.74, 6) is 1.26. The van der Waals surface area contributed by atoms with Crippen molar-refractivity contribution >= 4 is 22.4 Å². The van der Waals surface area contributed by atoms with Gasteiger partial charge in [-0.2, -0.15) is 0 Å². The number of halogens is 1. The van der Waals surface area contributed by atoms with Crippen LogP contribution in [0.25, 0.3) is 0 Å². The molecule has 96 valence electrons. The molecule has 1 aliphatic heterocycles. The Morgan fingerprint density at radius 1 is 1.19 bits per heavy atom. The molecule has 1 saturated carbocycles. The molecule has 1 heterocycles. The molecule has 1 unspecified atom stereocenters. The van der Waals surface area contributed by atoms with Crippen LogP contribution < -0.4 is 10.0 Å². The van der Waals surface area contributed by atoms with Crippen molar-refractivity contribution in [1.82, 2.24) is 10.0 Å². The van der Waals surface area contributed by atoms with E-state index in [1.54, 1.807) is 0 Å². The van der Waals surface area contributed by atoms with Crippen LogP contribution in [-0.2, 0) is 10.0 Å². The van der Waals surface area contributed by atoms with Crippen molar-refractivity contribution in [2.45, 2.75) is 25.7 Å². The summed E-state index contributed by atoms with van der Waals surface area (Å²) in [5.41, 5.74) is 0. The molecule has 1 atom stereocenters. The van der Waals surface area contributed by atoms with Gasteiger partial charge in [-0.3, -0.25) is 0 Å². The van der Waals surface area contributed by atoms with Gasteiger partial charge in [0.05, 0.1) is 5.75 Å². The monoisotopic (exact) mass is 268 g/mol. The lowest BCUT2D eigenvalue weighted by Gasteiger charge is -2.22. The normalized spacial score (nSPS) is 26.1. The second-order valence-electron chi connectivity index (χ2n) is 4.79. The van der Waals surface area contributed by atoms with E-state index < -0.39 is 10.0 Å². The van der Waals surface area contributed by atoms with Crippen molar-refractivity contribution < 1.29 is 8.42 Å². The number of rotatable bonds is 5. The smallest absolute Gasteiger partial charge is 0.211 e. The van der Waals surface area contributed by atoms with Gasteiger partial charge in [-0.15, -0.1) is 12.4 Å². The average Bonchev–Trinajstić information content (AvgIpc) is 3.00. The summed E-state index contributed by atoms with van der Waals surface area (Å²) < 4.78 is 25.9. The number of piperidine rings is 1. The summed E-state index contributed by atoms with van der Waals surface area (Å²) in [4.78, 5) is 0. The molecule has 0 radical (unpaired) electrons. The number of hydrogen-bond acceptors (Lipinski definition) is 3. The maximum absolute atomic E-state index is 11.6. The maximum atomic E-state index is 11.6. The van der Waals surface area contributed by atoms with Gasteiger partial charge in [0.15, 0.2) is 0 Å². The highest BCUT2D eigenvalue weighted by atomic mass is 35.5. The zero-order chi connectivity index (χ0) is 10.7. The molecule has 0 spiro atoms. The molecule has 0 aromatic rings. The fourth-order valence-electron chi connectivity index (χ4n) is 2.00. The fourth-order valence-corrected chi connectivity index (χ4v) is 3.56. The Balaban J connectivity index is 0.00000128. The molecule has 2 N–H and O–H groups in total. The zero-order valence-corrected chi connectivity index (χ0v) is 11.1. The van der Waals surface area contributed by atoms with E-state index in [9.17, 15) is 8.42 Å². The van der Waals surface area contributed by atoms with Crippen LogP contribution >= 0.6 is 12.4 Å². The van der Waals surface area contributed by atoms with E-state index in [4.69, 9.17) is 0 Å².